The summed E-state index contributed by atoms with van der Waals surface area (Å²) in [6.45, 7) is 0. The van der Waals surface area contributed by atoms with Crippen molar-refractivity contribution in [3.05, 3.63) is 59.7 Å². The standard InChI is InChI=1S/C14H12Cl2/c15-9-11-5-1-3-7-13(11)14-8-4-2-6-12(14)10-16/h1-8H,9-10H2. The summed E-state index contributed by atoms with van der Waals surface area (Å²) in [7, 11) is 0. The highest BCUT2D eigenvalue weighted by Crippen LogP contribution is 2.28. The third-order valence-electron chi connectivity index (χ3n) is 2.61. The molecule has 0 spiro atoms. The number of hydrogen-bond acceptors (Lipinski definition) is 0. The summed E-state index contributed by atoms with van der Waals surface area (Å²) in [5.74, 6) is 1.04. The Labute approximate surface area is 106 Å². The second-order valence-corrected chi connectivity index (χ2v) is 4.12. The molecular weight excluding hydrogens is 239 g/mol. The van der Waals surface area contributed by atoms with Gasteiger partial charge >= 0.3 is 0 Å². The summed E-state index contributed by atoms with van der Waals surface area (Å²) < 4.78 is 0. The van der Waals surface area contributed by atoms with E-state index in [1.807, 2.05) is 36.4 Å². The molecule has 0 aliphatic heterocycles. The maximum absolute atomic E-state index is 5.94. The lowest BCUT2D eigenvalue weighted by Crippen LogP contribution is -1.90. The summed E-state index contributed by atoms with van der Waals surface area (Å²) in [4.78, 5) is 0. The van der Waals surface area contributed by atoms with Gasteiger partial charge in [-0.25, -0.2) is 0 Å². The van der Waals surface area contributed by atoms with Crippen molar-refractivity contribution in [2.24, 2.45) is 0 Å². The summed E-state index contributed by atoms with van der Waals surface area (Å²) >= 11 is 11.9. The van der Waals surface area contributed by atoms with Gasteiger partial charge in [0.05, 0.1) is 0 Å². The van der Waals surface area contributed by atoms with Crippen LogP contribution in [0.25, 0.3) is 11.1 Å². The molecule has 0 aliphatic carbocycles. The molecule has 2 aromatic carbocycles. The Morgan fingerprint density at radius 1 is 0.625 bits per heavy atom. The van der Waals surface area contributed by atoms with Gasteiger partial charge in [-0.15, -0.1) is 23.2 Å². The predicted molar refractivity (Wildman–Crippen MR) is 71.0 cm³/mol. The van der Waals surface area contributed by atoms with Crippen molar-refractivity contribution < 1.29 is 0 Å². The average Bonchev–Trinajstić information content (AvgIpc) is 2.38. The first kappa shape index (κ1) is 11.5. The Balaban J connectivity index is 2.58. The lowest BCUT2D eigenvalue weighted by molar-refractivity contribution is 1.35. The molecule has 0 radical (unpaired) electrons. The molecule has 0 saturated heterocycles. The van der Waals surface area contributed by atoms with E-state index in [0.717, 1.165) is 11.1 Å². The molecule has 16 heavy (non-hydrogen) atoms. The third kappa shape index (κ3) is 2.23. The molecule has 0 N–H and O–H groups in total. The van der Waals surface area contributed by atoms with Gasteiger partial charge in [-0.2, -0.15) is 0 Å². The second kappa shape index (κ2) is 5.38. The van der Waals surface area contributed by atoms with Crippen LogP contribution in [-0.4, -0.2) is 0 Å². The molecule has 2 aromatic rings. The van der Waals surface area contributed by atoms with Crippen LogP contribution < -0.4 is 0 Å². The SMILES string of the molecule is ClCc1ccccc1-c1ccccc1CCl. The van der Waals surface area contributed by atoms with Gasteiger partial charge < -0.3 is 0 Å². The third-order valence-corrected chi connectivity index (χ3v) is 3.19. The minimum Gasteiger partial charge on any atom is -0.122 e. The zero-order chi connectivity index (χ0) is 11.4. The predicted octanol–water partition coefficient (Wildman–Crippen LogP) is 4.83. The van der Waals surface area contributed by atoms with E-state index in [1.165, 1.54) is 11.1 Å². The van der Waals surface area contributed by atoms with Gasteiger partial charge in [-0.05, 0) is 22.3 Å². The van der Waals surface area contributed by atoms with Crippen LogP contribution in [0.2, 0.25) is 0 Å². The van der Waals surface area contributed by atoms with Gasteiger partial charge in [0.1, 0.15) is 0 Å². The number of rotatable bonds is 3. The van der Waals surface area contributed by atoms with E-state index in [4.69, 9.17) is 23.2 Å². The first-order valence-electron chi connectivity index (χ1n) is 5.15. The van der Waals surface area contributed by atoms with Crippen LogP contribution in [0.5, 0.6) is 0 Å². The minimum absolute atomic E-state index is 0.521. The molecule has 2 rings (SSSR count). The minimum atomic E-state index is 0.521. The van der Waals surface area contributed by atoms with E-state index in [9.17, 15) is 0 Å². The van der Waals surface area contributed by atoms with Crippen LogP contribution >= 0.6 is 23.2 Å². The highest BCUT2D eigenvalue weighted by Gasteiger charge is 2.07. The first-order valence-corrected chi connectivity index (χ1v) is 6.22. The second-order valence-electron chi connectivity index (χ2n) is 3.58. The molecule has 2 heteroatoms. The topological polar surface area (TPSA) is 0 Å². The van der Waals surface area contributed by atoms with E-state index < -0.39 is 0 Å². The molecule has 0 aliphatic rings. The fourth-order valence-corrected chi connectivity index (χ4v) is 2.27. The normalized spacial score (nSPS) is 10.4. The van der Waals surface area contributed by atoms with Gasteiger partial charge in [0, 0.05) is 11.8 Å². The molecule has 0 fully saturated rings. The van der Waals surface area contributed by atoms with Crippen molar-refractivity contribution in [3.8, 4) is 11.1 Å². The molecule has 82 valence electrons. The van der Waals surface area contributed by atoms with Crippen molar-refractivity contribution in [1.82, 2.24) is 0 Å². The zero-order valence-electron chi connectivity index (χ0n) is 8.79. The Kier molecular flexibility index (Phi) is 3.87. The van der Waals surface area contributed by atoms with Gasteiger partial charge in [0.2, 0.25) is 0 Å². The Morgan fingerprint density at radius 2 is 1.00 bits per heavy atom. The Hall–Kier alpha value is -0.980. The van der Waals surface area contributed by atoms with Crippen molar-refractivity contribution in [1.29, 1.82) is 0 Å². The van der Waals surface area contributed by atoms with Crippen molar-refractivity contribution >= 4 is 23.2 Å². The number of halogens is 2. The average molecular weight is 251 g/mol. The van der Waals surface area contributed by atoms with Gasteiger partial charge in [-0.3, -0.25) is 0 Å². The van der Waals surface area contributed by atoms with Crippen molar-refractivity contribution in [2.45, 2.75) is 11.8 Å². The maximum Gasteiger partial charge on any atom is 0.0480 e. The lowest BCUT2D eigenvalue weighted by Gasteiger charge is -2.10. The highest BCUT2D eigenvalue weighted by atomic mass is 35.5. The first-order chi connectivity index (χ1) is 7.86. The number of hydrogen-bond donors (Lipinski definition) is 0. The van der Waals surface area contributed by atoms with Crippen LogP contribution in [0.4, 0.5) is 0 Å². The molecule has 0 unspecified atom stereocenters. The van der Waals surface area contributed by atoms with E-state index in [0.29, 0.717) is 11.8 Å². The van der Waals surface area contributed by atoms with Gasteiger partial charge in [-0.1, -0.05) is 48.5 Å². The maximum atomic E-state index is 5.94. The molecule has 0 saturated carbocycles. The van der Waals surface area contributed by atoms with Crippen LogP contribution in [0.3, 0.4) is 0 Å². The zero-order valence-corrected chi connectivity index (χ0v) is 10.3. The molecule has 0 bridgehead atoms. The van der Waals surface area contributed by atoms with Crippen molar-refractivity contribution in [3.63, 3.8) is 0 Å². The summed E-state index contributed by atoms with van der Waals surface area (Å²) in [5.41, 5.74) is 4.63. The molecule has 0 atom stereocenters. The molecule has 0 amide bonds. The summed E-state index contributed by atoms with van der Waals surface area (Å²) in [5, 5.41) is 0. The van der Waals surface area contributed by atoms with Gasteiger partial charge in [0.15, 0.2) is 0 Å². The fraction of sp³-hybridized carbons (Fsp3) is 0.143. The van der Waals surface area contributed by atoms with Crippen LogP contribution in [0.15, 0.2) is 48.5 Å². The van der Waals surface area contributed by atoms with Crippen LogP contribution in [-0.2, 0) is 11.8 Å². The number of benzene rings is 2. The molecule has 0 nitrogen and oxygen atoms in total. The summed E-state index contributed by atoms with van der Waals surface area (Å²) in [6.07, 6.45) is 0. The van der Waals surface area contributed by atoms with Crippen LogP contribution in [0.1, 0.15) is 11.1 Å². The monoisotopic (exact) mass is 250 g/mol. The number of alkyl halides is 2. The summed E-state index contributed by atoms with van der Waals surface area (Å²) in [6, 6.07) is 16.3. The van der Waals surface area contributed by atoms with Gasteiger partial charge in [0.25, 0.3) is 0 Å². The van der Waals surface area contributed by atoms with Crippen LogP contribution in [0, 0.1) is 0 Å². The largest absolute Gasteiger partial charge is 0.122 e. The fourth-order valence-electron chi connectivity index (χ4n) is 1.80. The van der Waals surface area contributed by atoms with E-state index in [2.05, 4.69) is 12.1 Å². The van der Waals surface area contributed by atoms with E-state index >= 15 is 0 Å². The Morgan fingerprint density at radius 3 is 1.38 bits per heavy atom. The molecule has 0 heterocycles. The molecular formula is C14H12Cl2. The van der Waals surface area contributed by atoms with E-state index in [1.54, 1.807) is 0 Å². The lowest BCUT2D eigenvalue weighted by atomic mass is 9.97. The smallest absolute Gasteiger partial charge is 0.0480 e. The quantitative estimate of drug-likeness (QED) is 0.685. The molecule has 0 aromatic heterocycles. The highest BCUT2D eigenvalue weighted by molar-refractivity contribution is 6.18. The van der Waals surface area contributed by atoms with Crippen molar-refractivity contribution in [2.75, 3.05) is 0 Å². The Bertz CT molecular complexity index is 432. The van der Waals surface area contributed by atoms with E-state index in [-0.39, 0.29) is 0 Å².